The van der Waals surface area contributed by atoms with Crippen LogP contribution in [0.1, 0.15) is 71.1 Å². The van der Waals surface area contributed by atoms with Gasteiger partial charge in [0.2, 0.25) is 0 Å². The summed E-state index contributed by atoms with van der Waals surface area (Å²) in [5.41, 5.74) is 0. The second-order valence-electron chi connectivity index (χ2n) is 5.83. The van der Waals surface area contributed by atoms with Crippen LogP contribution in [0, 0.1) is 17.8 Å². The summed E-state index contributed by atoms with van der Waals surface area (Å²) in [6.07, 6.45) is 14.4. The number of carbonyl (C=O) groups is 2. The molecule has 0 amide bonds. The van der Waals surface area contributed by atoms with Gasteiger partial charge in [-0.3, -0.25) is 0 Å². The lowest BCUT2D eigenvalue weighted by Gasteiger charge is -2.29. The first-order valence-electron chi connectivity index (χ1n) is 7.72. The van der Waals surface area contributed by atoms with E-state index in [2.05, 4.69) is 6.92 Å². The minimum Gasteiger partial charge on any atom is -0.303 e. The van der Waals surface area contributed by atoms with Crippen LogP contribution in [0.4, 0.5) is 0 Å². The van der Waals surface area contributed by atoms with Crippen LogP contribution in [0.15, 0.2) is 0 Å². The quantitative estimate of drug-likeness (QED) is 0.351. The van der Waals surface area contributed by atoms with Crippen molar-refractivity contribution in [1.82, 2.24) is 0 Å². The molecule has 0 heterocycles. The maximum atomic E-state index is 10.8. The molecule has 0 atom stereocenters. The van der Waals surface area contributed by atoms with Crippen LogP contribution in [0.5, 0.6) is 0 Å². The number of carbonyl (C=O) groups excluding carboxylic acids is 2. The number of unbranched alkanes of at least 4 members (excludes halogenated alkanes) is 4. The number of aldehydes is 2. The SMILES string of the molecule is CCCCCCCC1CCC(C(C=O)C=O)CC1. The maximum Gasteiger partial charge on any atom is 0.130 e. The Kier molecular flexibility index (Phi) is 7.95. The molecule has 0 unspecified atom stereocenters. The predicted octanol–water partition coefficient (Wildman–Crippen LogP) is 4.17. The monoisotopic (exact) mass is 252 g/mol. The summed E-state index contributed by atoms with van der Waals surface area (Å²) in [6.45, 7) is 2.25. The summed E-state index contributed by atoms with van der Waals surface area (Å²) >= 11 is 0. The first kappa shape index (κ1) is 15.4. The lowest BCUT2D eigenvalue weighted by molar-refractivity contribution is -0.121. The van der Waals surface area contributed by atoms with Gasteiger partial charge in [-0.25, -0.2) is 0 Å². The zero-order chi connectivity index (χ0) is 13.2. The standard InChI is InChI=1S/C16H28O2/c1-2-3-4-5-6-7-14-8-10-15(11-9-14)16(12-17)13-18/h12-16H,2-11H2,1H3. The first-order valence-corrected chi connectivity index (χ1v) is 7.72. The molecule has 0 aliphatic heterocycles. The largest absolute Gasteiger partial charge is 0.303 e. The Morgan fingerprint density at radius 1 is 0.944 bits per heavy atom. The third-order valence-electron chi connectivity index (χ3n) is 4.47. The molecule has 1 rings (SSSR count). The average Bonchev–Trinajstić information content (AvgIpc) is 2.41. The molecule has 0 bridgehead atoms. The van der Waals surface area contributed by atoms with E-state index in [1.165, 1.54) is 51.4 Å². The van der Waals surface area contributed by atoms with E-state index in [1.807, 2.05) is 0 Å². The number of rotatable bonds is 9. The van der Waals surface area contributed by atoms with E-state index in [0.29, 0.717) is 5.92 Å². The van der Waals surface area contributed by atoms with Crippen LogP contribution < -0.4 is 0 Å². The highest BCUT2D eigenvalue weighted by Crippen LogP contribution is 2.34. The van der Waals surface area contributed by atoms with Gasteiger partial charge in [-0.1, -0.05) is 58.3 Å². The van der Waals surface area contributed by atoms with Gasteiger partial charge in [0.25, 0.3) is 0 Å². The van der Waals surface area contributed by atoms with Crippen LogP contribution in [0.3, 0.4) is 0 Å². The second kappa shape index (κ2) is 9.29. The maximum absolute atomic E-state index is 10.8. The molecule has 1 aliphatic rings. The predicted molar refractivity (Wildman–Crippen MR) is 74.4 cm³/mol. The minimum absolute atomic E-state index is 0.330. The summed E-state index contributed by atoms with van der Waals surface area (Å²) in [5, 5.41) is 0. The van der Waals surface area contributed by atoms with Crippen molar-refractivity contribution in [2.75, 3.05) is 0 Å². The summed E-state index contributed by atoms with van der Waals surface area (Å²) in [6, 6.07) is 0. The van der Waals surface area contributed by atoms with Crippen molar-refractivity contribution in [2.24, 2.45) is 17.8 Å². The Morgan fingerprint density at radius 2 is 1.56 bits per heavy atom. The molecule has 0 N–H and O–H groups in total. The molecule has 0 aromatic rings. The Bertz CT molecular complexity index is 221. The van der Waals surface area contributed by atoms with Gasteiger partial charge in [0.1, 0.15) is 12.6 Å². The molecule has 2 nitrogen and oxygen atoms in total. The zero-order valence-electron chi connectivity index (χ0n) is 11.8. The van der Waals surface area contributed by atoms with E-state index in [4.69, 9.17) is 0 Å². The molecule has 1 fully saturated rings. The summed E-state index contributed by atoms with van der Waals surface area (Å²) < 4.78 is 0. The highest BCUT2D eigenvalue weighted by atomic mass is 16.1. The first-order chi connectivity index (χ1) is 8.81. The van der Waals surface area contributed by atoms with Gasteiger partial charge in [-0.2, -0.15) is 0 Å². The van der Waals surface area contributed by atoms with E-state index in [9.17, 15) is 9.59 Å². The number of hydrogen-bond acceptors (Lipinski definition) is 2. The van der Waals surface area contributed by atoms with Crippen LogP contribution in [0.2, 0.25) is 0 Å². The van der Waals surface area contributed by atoms with Crippen molar-refractivity contribution in [3.63, 3.8) is 0 Å². The Hall–Kier alpha value is -0.660. The molecular weight excluding hydrogens is 224 g/mol. The van der Waals surface area contributed by atoms with E-state index < -0.39 is 0 Å². The fourth-order valence-corrected chi connectivity index (χ4v) is 3.15. The molecule has 18 heavy (non-hydrogen) atoms. The summed E-state index contributed by atoms with van der Waals surface area (Å²) in [7, 11) is 0. The molecule has 104 valence electrons. The van der Waals surface area contributed by atoms with Crippen LogP contribution in [-0.2, 0) is 9.59 Å². The van der Waals surface area contributed by atoms with Gasteiger partial charge < -0.3 is 9.59 Å². The van der Waals surface area contributed by atoms with E-state index >= 15 is 0 Å². The van der Waals surface area contributed by atoms with Crippen molar-refractivity contribution in [3.8, 4) is 0 Å². The lowest BCUT2D eigenvalue weighted by atomic mass is 9.75. The van der Waals surface area contributed by atoms with Gasteiger partial charge in [0.05, 0.1) is 5.92 Å². The fourth-order valence-electron chi connectivity index (χ4n) is 3.15. The lowest BCUT2D eigenvalue weighted by Crippen LogP contribution is -2.23. The van der Waals surface area contributed by atoms with Gasteiger partial charge in [-0.05, 0) is 24.7 Å². The number of hydrogen-bond donors (Lipinski definition) is 0. The van der Waals surface area contributed by atoms with E-state index in [-0.39, 0.29) is 5.92 Å². The van der Waals surface area contributed by atoms with Crippen molar-refractivity contribution in [1.29, 1.82) is 0 Å². The van der Waals surface area contributed by atoms with Gasteiger partial charge in [-0.15, -0.1) is 0 Å². The Morgan fingerprint density at radius 3 is 2.11 bits per heavy atom. The molecule has 0 saturated heterocycles. The normalized spacial score (nSPS) is 24.1. The third-order valence-corrected chi connectivity index (χ3v) is 4.47. The average molecular weight is 252 g/mol. The minimum atomic E-state index is -0.337. The van der Waals surface area contributed by atoms with E-state index in [0.717, 1.165) is 31.3 Å². The highest BCUT2D eigenvalue weighted by Gasteiger charge is 2.26. The Labute approximate surface area is 112 Å². The fraction of sp³-hybridized carbons (Fsp3) is 0.875. The molecule has 0 radical (unpaired) electrons. The highest BCUT2D eigenvalue weighted by molar-refractivity contribution is 5.77. The van der Waals surface area contributed by atoms with Crippen LogP contribution >= 0.6 is 0 Å². The van der Waals surface area contributed by atoms with Gasteiger partial charge in [0, 0.05) is 0 Å². The molecule has 2 heteroatoms. The molecule has 0 aromatic heterocycles. The third kappa shape index (κ3) is 5.32. The summed E-state index contributed by atoms with van der Waals surface area (Å²) in [4.78, 5) is 21.5. The molecular formula is C16H28O2. The van der Waals surface area contributed by atoms with Crippen molar-refractivity contribution in [2.45, 2.75) is 71.1 Å². The van der Waals surface area contributed by atoms with Gasteiger partial charge in [0.15, 0.2) is 0 Å². The van der Waals surface area contributed by atoms with Crippen molar-refractivity contribution >= 4 is 12.6 Å². The second-order valence-corrected chi connectivity index (χ2v) is 5.83. The van der Waals surface area contributed by atoms with Gasteiger partial charge >= 0.3 is 0 Å². The van der Waals surface area contributed by atoms with Crippen LogP contribution in [0.25, 0.3) is 0 Å². The molecule has 0 aromatic carbocycles. The van der Waals surface area contributed by atoms with Crippen molar-refractivity contribution < 1.29 is 9.59 Å². The molecule has 1 aliphatic carbocycles. The van der Waals surface area contributed by atoms with E-state index in [1.54, 1.807) is 0 Å². The van der Waals surface area contributed by atoms with Crippen molar-refractivity contribution in [3.05, 3.63) is 0 Å². The molecule has 0 spiro atoms. The Balaban J connectivity index is 2.11. The smallest absolute Gasteiger partial charge is 0.130 e. The summed E-state index contributed by atoms with van der Waals surface area (Å²) in [5.74, 6) is 0.841. The molecule has 1 saturated carbocycles. The van der Waals surface area contributed by atoms with Crippen LogP contribution in [-0.4, -0.2) is 12.6 Å². The zero-order valence-corrected chi connectivity index (χ0v) is 11.8. The topological polar surface area (TPSA) is 34.1 Å².